The molecule has 6 nitrogen and oxygen atoms in total. The molecule has 0 saturated carbocycles. The lowest BCUT2D eigenvalue weighted by atomic mass is 9.96. The molecule has 0 aromatic heterocycles. The van der Waals surface area contributed by atoms with Gasteiger partial charge in [0, 0.05) is 37.6 Å². The van der Waals surface area contributed by atoms with Gasteiger partial charge in [0.05, 0.1) is 5.92 Å². The van der Waals surface area contributed by atoms with Crippen LogP contribution in [0.3, 0.4) is 0 Å². The highest BCUT2D eigenvalue weighted by Crippen LogP contribution is 2.38. The maximum absolute atomic E-state index is 13.4. The summed E-state index contributed by atoms with van der Waals surface area (Å²) < 4.78 is 13.7. The SMILES string of the molecule is CNCC(C(=O)N1CC2=C(CN(Sc3ccc4c(c3)OCCO4)C2)C1)c1cccc(C)c1. The van der Waals surface area contributed by atoms with E-state index in [4.69, 9.17) is 9.47 Å². The molecule has 168 valence electrons. The zero-order valence-electron chi connectivity index (χ0n) is 18.6. The van der Waals surface area contributed by atoms with E-state index in [0.717, 1.165) is 48.1 Å². The van der Waals surface area contributed by atoms with Crippen LogP contribution in [0.5, 0.6) is 11.5 Å². The molecule has 0 aliphatic carbocycles. The molecule has 2 aromatic rings. The number of hydrogen-bond donors (Lipinski definition) is 1. The fraction of sp³-hybridized carbons (Fsp3) is 0.400. The van der Waals surface area contributed by atoms with Crippen LogP contribution in [-0.4, -0.2) is 68.1 Å². The molecular weight excluding hydrogens is 422 g/mol. The average molecular weight is 452 g/mol. The van der Waals surface area contributed by atoms with Crippen LogP contribution in [0.25, 0.3) is 0 Å². The van der Waals surface area contributed by atoms with E-state index in [0.29, 0.717) is 19.8 Å². The topological polar surface area (TPSA) is 54.0 Å². The van der Waals surface area contributed by atoms with Gasteiger partial charge in [0.25, 0.3) is 0 Å². The van der Waals surface area contributed by atoms with E-state index in [1.807, 2.05) is 24.1 Å². The Morgan fingerprint density at radius 1 is 1.03 bits per heavy atom. The van der Waals surface area contributed by atoms with Gasteiger partial charge in [0.15, 0.2) is 11.5 Å². The minimum Gasteiger partial charge on any atom is -0.486 e. The molecule has 1 unspecified atom stereocenters. The molecule has 5 rings (SSSR count). The summed E-state index contributed by atoms with van der Waals surface area (Å²) in [7, 11) is 1.91. The third-order valence-corrected chi connectivity index (χ3v) is 7.19. The number of hydrogen-bond acceptors (Lipinski definition) is 6. The summed E-state index contributed by atoms with van der Waals surface area (Å²) in [6.45, 7) is 7.17. The van der Waals surface area contributed by atoms with Gasteiger partial charge in [-0.05, 0) is 60.8 Å². The fourth-order valence-corrected chi connectivity index (χ4v) is 5.68. The van der Waals surface area contributed by atoms with Crippen molar-refractivity contribution in [1.29, 1.82) is 0 Å². The summed E-state index contributed by atoms with van der Waals surface area (Å²) in [4.78, 5) is 16.6. The Kier molecular flexibility index (Phi) is 6.13. The molecule has 1 N–H and O–H groups in total. The van der Waals surface area contributed by atoms with Crippen LogP contribution in [0.1, 0.15) is 17.0 Å². The van der Waals surface area contributed by atoms with Gasteiger partial charge in [-0.25, -0.2) is 4.31 Å². The van der Waals surface area contributed by atoms with Gasteiger partial charge in [-0.1, -0.05) is 29.8 Å². The number of carbonyl (C=O) groups is 1. The second-order valence-electron chi connectivity index (χ2n) is 8.62. The summed E-state index contributed by atoms with van der Waals surface area (Å²) in [5.41, 5.74) is 5.05. The number of carbonyl (C=O) groups excluding carboxylic acids is 1. The minimum absolute atomic E-state index is 0.150. The maximum atomic E-state index is 13.4. The molecule has 2 aromatic carbocycles. The Morgan fingerprint density at radius 3 is 2.50 bits per heavy atom. The summed E-state index contributed by atoms with van der Waals surface area (Å²) >= 11 is 1.75. The van der Waals surface area contributed by atoms with Gasteiger partial charge in [-0.15, -0.1) is 0 Å². The predicted molar refractivity (Wildman–Crippen MR) is 126 cm³/mol. The highest BCUT2D eigenvalue weighted by Gasteiger charge is 2.35. The molecule has 3 aliphatic rings. The van der Waals surface area contributed by atoms with Gasteiger partial charge >= 0.3 is 0 Å². The largest absolute Gasteiger partial charge is 0.486 e. The normalized spacial score (nSPS) is 18.8. The van der Waals surface area contributed by atoms with Gasteiger partial charge in [-0.3, -0.25) is 4.79 Å². The first-order chi connectivity index (χ1) is 15.6. The second kappa shape index (κ2) is 9.17. The fourth-order valence-electron chi connectivity index (χ4n) is 4.65. The first-order valence-corrected chi connectivity index (χ1v) is 11.9. The van der Waals surface area contributed by atoms with Crippen molar-refractivity contribution < 1.29 is 14.3 Å². The Morgan fingerprint density at radius 2 is 1.78 bits per heavy atom. The molecule has 0 radical (unpaired) electrons. The molecule has 0 bridgehead atoms. The Labute approximate surface area is 193 Å². The van der Waals surface area contributed by atoms with Crippen molar-refractivity contribution in [2.45, 2.75) is 17.7 Å². The second-order valence-corrected chi connectivity index (χ2v) is 9.79. The first kappa shape index (κ1) is 21.4. The number of likely N-dealkylation sites (N-methyl/N-ethyl adjacent to an activating group) is 1. The first-order valence-electron chi connectivity index (χ1n) is 11.1. The highest BCUT2D eigenvalue weighted by atomic mass is 32.2. The van der Waals surface area contributed by atoms with Crippen LogP contribution in [0.4, 0.5) is 0 Å². The van der Waals surface area contributed by atoms with E-state index in [2.05, 4.69) is 46.9 Å². The van der Waals surface area contributed by atoms with Crippen molar-refractivity contribution in [1.82, 2.24) is 14.5 Å². The van der Waals surface area contributed by atoms with Crippen LogP contribution in [0, 0.1) is 6.92 Å². The van der Waals surface area contributed by atoms with Crippen molar-refractivity contribution in [2.75, 3.05) is 53.0 Å². The van der Waals surface area contributed by atoms with Gasteiger partial charge in [0.1, 0.15) is 13.2 Å². The Balaban J connectivity index is 1.20. The molecule has 3 heterocycles. The monoisotopic (exact) mass is 451 g/mol. The molecule has 7 heteroatoms. The summed E-state index contributed by atoms with van der Waals surface area (Å²) in [6.07, 6.45) is 0. The minimum atomic E-state index is -0.150. The number of benzene rings is 2. The van der Waals surface area contributed by atoms with Crippen LogP contribution >= 0.6 is 11.9 Å². The van der Waals surface area contributed by atoms with E-state index in [1.54, 1.807) is 11.9 Å². The lowest BCUT2D eigenvalue weighted by Gasteiger charge is -2.27. The number of ether oxygens (including phenoxy) is 2. The third-order valence-electron chi connectivity index (χ3n) is 6.21. The number of aryl methyl sites for hydroxylation is 1. The van der Waals surface area contributed by atoms with Crippen LogP contribution in [-0.2, 0) is 4.79 Å². The van der Waals surface area contributed by atoms with Crippen molar-refractivity contribution in [3.05, 3.63) is 64.7 Å². The quantitative estimate of drug-likeness (QED) is 0.538. The molecule has 3 aliphatic heterocycles. The van der Waals surface area contributed by atoms with Gasteiger partial charge in [-0.2, -0.15) is 0 Å². The van der Waals surface area contributed by atoms with E-state index in [9.17, 15) is 4.79 Å². The van der Waals surface area contributed by atoms with E-state index < -0.39 is 0 Å². The molecule has 1 amide bonds. The standard InChI is InChI=1S/C25H29N3O3S/c1-17-4-3-5-18(10-17)22(12-26-2)25(29)27-13-19-15-28(16-20(19)14-27)32-21-6-7-23-24(11-21)31-9-8-30-23/h3-7,10-11,22,26H,8-9,12-16H2,1-2H3. The van der Waals surface area contributed by atoms with Gasteiger partial charge < -0.3 is 19.7 Å². The zero-order chi connectivity index (χ0) is 22.1. The smallest absolute Gasteiger partial charge is 0.231 e. The van der Waals surface area contributed by atoms with Crippen molar-refractivity contribution in [2.24, 2.45) is 0 Å². The average Bonchev–Trinajstić information content (AvgIpc) is 3.36. The van der Waals surface area contributed by atoms with E-state index in [-0.39, 0.29) is 11.8 Å². The molecule has 1 atom stereocenters. The number of nitrogens with one attached hydrogen (secondary N) is 1. The van der Waals surface area contributed by atoms with Gasteiger partial charge in [0.2, 0.25) is 5.91 Å². The molecule has 32 heavy (non-hydrogen) atoms. The third kappa shape index (κ3) is 4.37. The molecule has 0 saturated heterocycles. The number of rotatable bonds is 6. The number of fused-ring (bicyclic) bond motifs is 1. The van der Waals surface area contributed by atoms with Crippen LogP contribution < -0.4 is 14.8 Å². The lowest BCUT2D eigenvalue weighted by Crippen LogP contribution is -2.39. The Hall–Kier alpha value is -2.48. The molecular formula is C25H29N3O3S. The van der Waals surface area contributed by atoms with E-state index >= 15 is 0 Å². The van der Waals surface area contributed by atoms with Crippen molar-refractivity contribution in [3.63, 3.8) is 0 Å². The number of amides is 1. The van der Waals surface area contributed by atoms with E-state index in [1.165, 1.54) is 16.7 Å². The zero-order valence-corrected chi connectivity index (χ0v) is 19.4. The molecule has 0 spiro atoms. The lowest BCUT2D eigenvalue weighted by molar-refractivity contribution is -0.131. The maximum Gasteiger partial charge on any atom is 0.231 e. The summed E-state index contributed by atoms with van der Waals surface area (Å²) in [5.74, 6) is 1.71. The summed E-state index contributed by atoms with van der Waals surface area (Å²) in [5, 5.41) is 3.20. The predicted octanol–water partition coefficient (Wildman–Crippen LogP) is 3.23. The van der Waals surface area contributed by atoms with Crippen LogP contribution in [0.15, 0.2) is 58.5 Å². The summed E-state index contributed by atoms with van der Waals surface area (Å²) in [6, 6.07) is 14.4. The van der Waals surface area contributed by atoms with Crippen molar-refractivity contribution in [3.8, 4) is 11.5 Å². The number of nitrogens with zero attached hydrogens (tertiary/aromatic N) is 2. The van der Waals surface area contributed by atoms with Crippen LogP contribution in [0.2, 0.25) is 0 Å². The van der Waals surface area contributed by atoms with Crippen molar-refractivity contribution >= 4 is 17.9 Å². The highest BCUT2D eigenvalue weighted by molar-refractivity contribution is 7.97. The Bertz CT molecular complexity index is 1040. The molecule has 0 fully saturated rings.